The van der Waals surface area contributed by atoms with Crippen molar-refractivity contribution in [1.29, 1.82) is 0 Å². The normalized spacial score (nSPS) is 18.2. The molecule has 0 bridgehead atoms. The summed E-state index contributed by atoms with van der Waals surface area (Å²) in [5.74, 6) is 0.618. The van der Waals surface area contributed by atoms with E-state index in [2.05, 4.69) is 39.3 Å². The number of hydrogen-bond acceptors (Lipinski definition) is 3. The largest absolute Gasteiger partial charge is 0.356 e. The van der Waals surface area contributed by atoms with E-state index in [0.717, 1.165) is 63.8 Å². The number of likely N-dealkylation sites (N-methyl/N-ethyl adjacent to an activating group) is 1. The van der Waals surface area contributed by atoms with E-state index in [0.29, 0.717) is 6.04 Å². The fourth-order valence-electron chi connectivity index (χ4n) is 3.13. The van der Waals surface area contributed by atoms with Crippen LogP contribution >= 0.6 is 0 Å². The number of halogens is 1. The van der Waals surface area contributed by atoms with Gasteiger partial charge in [0, 0.05) is 52.4 Å². The smallest absolute Gasteiger partial charge is 0.191 e. The van der Waals surface area contributed by atoms with Gasteiger partial charge in [0.2, 0.25) is 0 Å². The molecule has 1 fully saturated rings. The predicted octanol–water partition coefficient (Wildman–Crippen LogP) is 1.56. The highest BCUT2D eigenvalue weighted by Gasteiger charge is 2.20. The SMILES string of the molecule is CCN1CCN(C(C)CNC(=NC)NCCc2cccc(F)c2)CC1. The van der Waals surface area contributed by atoms with Crippen molar-refractivity contribution in [2.75, 3.05) is 52.9 Å². The van der Waals surface area contributed by atoms with Gasteiger partial charge >= 0.3 is 0 Å². The Kier molecular flexibility index (Phi) is 8.15. The minimum absolute atomic E-state index is 0.183. The van der Waals surface area contributed by atoms with E-state index in [-0.39, 0.29) is 5.82 Å². The molecule has 0 amide bonds. The van der Waals surface area contributed by atoms with Crippen LogP contribution in [-0.2, 0) is 6.42 Å². The van der Waals surface area contributed by atoms with E-state index in [4.69, 9.17) is 0 Å². The summed E-state index contributed by atoms with van der Waals surface area (Å²) in [6.45, 7) is 11.8. The monoisotopic (exact) mass is 349 g/mol. The molecule has 1 atom stereocenters. The van der Waals surface area contributed by atoms with Crippen molar-refractivity contribution in [2.24, 2.45) is 4.99 Å². The summed E-state index contributed by atoms with van der Waals surface area (Å²) < 4.78 is 13.2. The zero-order chi connectivity index (χ0) is 18.1. The Bertz CT molecular complexity index is 540. The minimum Gasteiger partial charge on any atom is -0.356 e. The first-order chi connectivity index (χ1) is 12.1. The third kappa shape index (κ3) is 6.63. The first kappa shape index (κ1) is 19.7. The van der Waals surface area contributed by atoms with Crippen LogP contribution in [0.2, 0.25) is 0 Å². The van der Waals surface area contributed by atoms with Crippen molar-refractivity contribution in [3.63, 3.8) is 0 Å². The summed E-state index contributed by atoms with van der Waals surface area (Å²) in [6.07, 6.45) is 0.771. The van der Waals surface area contributed by atoms with Crippen LogP contribution in [-0.4, -0.2) is 74.7 Å². The lowest BCUT2D eigenvalue weighted by Gasteiger charge is -2.37. The van der Waals surface area contributed by atoms with Crippen LogP contribution in [0.3, 0.4) is 0 Å². The van der Waals surface area contributed by atoms with Gasteiger partial charge in [-0.3, -0.25) is 9.89 Å². The average Bonchev–Trinajstić information content (AvgIpc) is 2.64. The molecule has 0 spiro atoms. The van der Waals surface area contributed by atoms with E-state index in [1.165, 1.54) is 6.07 Å². The molecule has 1 heterocycles. The van der Waals surface area contributed by atoms with Gasteiger partial charge < -0.3 is 15.5 Å². The van der Waals surface area contributed by atoms with Crippen LogP contribution in [0.1, 0.15) is 19.4 Å². The van der Waals surface area contributed by atoms with E-state index in [1.54, 1.807) is 19.2 Å². The maximum absolute atomic E-state index is 13.2. The van der Waals surface area contributed by atoms with Gasteiger partial charge in [0.25, 0.3) is 0 Å². The molecule has 0 radical (unpaired) electrons. The molecule has 0 saturated carbocycles. The number of guanidine groups is 1. The van der Waals surface area contributed by atoms with Crippen molar-refractivity contribution in [3.8, 4) is 0 Å². The van der Waals surface area contributed by atoms with E-state index in [9.17, 15) is 4.39 Å². The molecule has 6 heteroatoms. The van der Waals surface area contributed by atoms with Crippen molar-refractivity contribution >= 4 is 5.96 Å². The molecule has 1 aliphatic heterocycles. The predicted molar refractivity (Wildman–Crippen MR) is 103 cm³/mol. The maximum atomic E-state index is 13.2. The van der Waals surface area contributed by atoms with Crippen molar-refractivity contribution in [2.45, 2.75) is 26.3 Å². The highest BCUT2D eigenvalue weighted by molar-refractivity contribution is 5.79. The number of nitrogens with zero attached hydrogens (tertiary/aromatic N) is 3. The summed E-state index contributed by atoms with van der Waals surface area (Å²) >= 11 is 0. The van der Waals surface area contributed by atoms with Gasteiger partial charge in [-0.25, -0.2) is 4.39 Å². The van der Waals surface area contributed by atoms with Crippen LogP contribution in [0, 0.1) is 5.82 Å². The zero-order valence-corrected chi connectivity index (χ0v) is 15.8. The van der Waals surface area contributed by atoms with Gasteiger partial charge in [0.05, 0.1) is 0 Å². The zero-order valence-electron chi connectivity index (χ0n) is 15.8. The molecule has 1 saturated heterocycles. The van der Waals surface area contributed by atoms with E-state index in [1.807, 2.05) is 6.07 Å². The third-order valence-corrected chi connectivity index (χ3v) is 4.86. The fourth-order valence-corrected chi connectivity index (χ4v) is 3.13. The number of aliphatic imine (C=N–C) groups is 1. The molecule has 0 aromatic heterocycles. The second-order valence-corrected chi connectivity index (χ2v) is 6.58. The van der Waals surface area contributed by atoms with Gasteiger partial charge in [0.1, 0.15) is 5.82 Å². The number of benzene rings is 1. The van der Waals surface area contributed by atoms with Crippen molar-refractivity contribution in [1.82, 2.24) is 20.4 Å². The third-order valence-electron chi connectivity index (χ3n) is 4.86. The number of piperazine rings is 1. The van der Waals surface area contributed by atoms with Crippen LogP contribution in [0.5, 0.6) is 0 Å². The molecule has 140 valence electrons. The molecule has 2 rings (SSSR count). The lowest BCUT2D eigenvalue weighted by molar-refractivity contribution is 0.107. The Morgan fingerprint density at radius 1 is 1.24 bits per heavy atom. The van der Waals surface area contributed by atoms with Gasteiger partial charge in [-0.1, -0.05) is 19.1 Å². The lowest BCUT2D eigenvalue weighted by atomic mass is 10.1. The second-order valence-electron chi connectivity index (χ2n) is 6.58. The molecule has 25 heavy (non-hydrogen) atoms. The van der Waals surface area contributed by atoms with Crippen molar-refractivity contribution < 1.29 is 4.39 Å². The molecule has 5 nitrogen and oxygen atoms in total. The fraction of sp³-hybridized carbons (Fsp3) is 0.632. The molecular formula is C19H32FN5. The van der Waals surface area contributed by atoms with Gasteiger partial charge in [-0.15, -0.1) is 0 Å². The van der Waals surface area contributed by atoms with Gasteiger partial charge in [0.15, 0.2) is 5.96 Å². The molecule has 2 N–H and O–H groups in total. The highest BCUT2D eigenvalue weighted by atomic mass is 19.1. The Morgan fingerprint density at radius 2 is 2.00 bits per heavy atom. The summed E-state index contributed by atoms with van der Waals surface area (Å²) in [7, 11) is 1.78. The maximum Gasteiger partial charge on any atom is 0.191 e. The van der Waals surface area contributed by atoms with E-state index >= 15 is 0 Å². The number of rotatable bonds is 7. The molecule has 1 aliphatic rings. The summed E-state index contributed by atoms with van der Waals surface area (Å²) in [4.78, 5) is 9.29. The first-order valence-electron chi connectivity index (χ1n) is 9.27. The molecule has 1 unspecified atom stereocenters. The Hall–Kier alpha value is -1.66. The summed E-state index contributed by atoms with van der Waals surface area (Å²) in [6, 6.07) is 7.21. The average molecular weight is 349 g/mol. The minimum atomic E-state index is -0.183. The van der Waals surface area contributed by atoms with Gasteiger partial charge in [-0.2, -0.15) is 0 Å². The first-order valence-corrected chi connectivity index (χ1v) is 9.27. The molecule has 1 aromatic carbocycles. The quantitative estimate of drug-likeness (QED) is 0.579. The second kappa shape index (κ2) is 10.4. The number of nitrogens with one attached hydrogen (secondary N) is 2. The number of hydrogen-bond donors (Lipinski definition) is 2. The van der Waals surface area contributed by atoms with Crippen LogP contribution in [0.25, 0.3) is 0 Å². The van der Waals surface area contributed by atoms with Gasteiger partial charge in [-0.05, 0) is 37.6 Å². The summed E-state index contributed by atoms with van der Waals surface area (Å²) in [5, 5.41) is 6.70. The molecule has 0 aliphatic carbocycles. The Morgan fingerprint density at radius 3 is 2.64 bits per heavy atom. The lowest BCUT2D eigenvalue weighted by Crippen LogP contribution is -2.53. The Balaban J connectivity index is 1.67. The summed E-state index contributed by atoms with van der Waals surface area (Å²) in [5.41, 5.74) is 0.991. The van der Waals surface area contributed by atoms with Crippen molar-refractivity contribution in [3.05, 3.63) is 35.6 Å². The highest BCUT2D eigenvalue weighted by Crippen LogP contribution is 2.05. The van der Waals surface area contributed by atoms with E-state index < -0.39 is 0 Å². The Labute approximate surface area is 151 Å². The molecule has 1 aromatic rings. The van der Waals surface area contributed by atoms with Crippen LogP contribution in [0.15, 0.2) is 29.3 Å². The van der Waals surface area contributed by atoms with Crippen LogP contribution in [0.4, 0.5) is 4.39 Å². The molecular weight excluding hydrogens is 317 g/mol. The topological polar surface area (TPSA) is 42.9 Å². The van der Waals surface area contributed by atoms with Crippen LogP contribution < -0.4 is 10.6 Å². The standard InChI is InChI=1S/C19H32FN5/c1-4-24-10-12-25(13-11-24)16(2)15-23-19(21-3)22-9-8-17-6-5-7-18(20)14-17/h5-7,14,16H,4,8-13,15H2,1-3H3,(H2,21,22,23).